The third-order valence-electron chi connectivity index (χ3n) is 3.34. The Kier molecular flexibility index (Phi) is 4.38. The molecule has 2 rings (SSSR count). The van der Waals surface area contributed by atoms with E-state index in [2.05, 4.69) is 0 Å². The van der Waals surface area contributed by atoms with Gasteiger partial charge in [-0.2, -0.15) is 0 Å². The zero-order valence-electron chi connectivity index (χ0n) is 12.1. The molecule has 0 aliphatic heterocycles. The first-order valence-corrected chi connectivity index (χ1v) is 6.61. The Labute approximate surface area is 123 Å². The number of primary amides is 1. The molecule has 0 aromatic heterocycles. The molecule has 0 heterocycles. The summed E-state index contributed by atoms with van der Waals surface area (Å²) in [5, 5.41) is 0. The molecule has 0 saturated carbocycles. The summed E-state index contributed by atoms with van der Waals surface area (Å²) in [4.78, 5) is 23.4. The highest BCUT2D eigenvalue weighted by Crippen LogP contribution is 2.18. The van der Waals surface area contributed by atoms with Gasteiger partial charge in [-0.05, 0) is 43.2 Å². The number of hydrogen-bond donors (Lipinski definition) is 1. The van der Waals surface area contributed by atoms with Crippen LogP contribution in [0.4, 0.5) is 0 Å². The van der Waals surface area contributed by atoms with Crippen LogP contribution >= 0.6 is 0 Å². The number of nitrogens with two attached hydrogens (primary N) is 1. The number of benzene rings is 2. The van der Waals surface area contributed by atoms with Crippen molar-refractivity contribution in [2.24, 2.45) is 5.73 Å². The fourth-order valence-electron chi connectivity index (χ4n) is 1.94. The van der Waals surface area contributed by atoms with Gasteiger partial charge in [0, 0.05) is 5.56 Å². The van der Waals surface area contributed by atoms with Crippen LogP contribution in [0.3, 0.4) is 0 Å². The van der Waals surface area contributed by atoms with Crippen LogP contribution in [0.15, 0.2) is 42.5 Å². The molecule has 0 unspecified atom stereocenters. The minimum absolute atomic E-state index is 0.132. The lowest BCUT2D eigenvalue weighted by atomic mass is 10.0. The number of carbonyl (C=O) groups is 2. The van der Waals surface area contributed by atoms with Gasteiger partial charge in [0.25, 0.3) is 5.91 Å². The Morgan fingerprint density at radius 3 is 2.43 bits per heavy atom. The Morgan fingerprint density at radius 1 is 1.05 bits per heavy atom. The molecule has 4 heteroatoms. The number of hydrogen-bond acceptors (Lipinski definition) is 3. The predicted octanol–water partition coefficient (Wildman–Crippen LogP) is 2.66. The Balaban J connectivity index is 2.11. The lowest BCUT2D eigenvalue weighted by Gasteiger charge is -2.09. The molecule has 2 aromatic rings. The van der Waals surface area contributed by atoms with E-state index in [9.17, 15) is 9.59 Å². The van der Waals surface area contributed by atoms with Crippen molar-refractivity contribution in [3.63, 3.8) is 0 Å². The van der Waals surface area contributed by atoms with Crippen LogP contribution in [-0.4, -0.2) is 18.3 Å². The summed E-state index contributed by atoms with van der Waals surface area (Å²) in [7, 11) is 0. The number of Topliss-reactive ketones (excluding diaryl/α,β-unsaturated/α-hetero) is 1. The summed E-state index contributed by atoms with van der Waals surface area (Å²) in [6.07, 6.45) is 0. The number of carbonyl (C=O) groups excluding carboxylic acids is 2. The van der Waals surface area contributed by atoms with E-state index in [1.165, 1.54) is 0 Å². The van der Waals surface area contributed by atoms with Gasteiger partial charge >= 0.3 is 0 Å². The number of aryl methyl sites for hydroxylation is 2. The second kappa shape index (κ2) is 6.22. The van der Waals surface area contributed by atoms with Gasteiger partial charge in [-0.15, -0.1) is 0 Å². The summed E-state index contributed by atoms with van der Waals surface area (Å²) in [5.74, 6) is -0.399. The van der Waals surface area contributed by atoms with E-state index in [4.69, 9.17) is 10.5 Å². The maximum absolute atomic E-state index is 12.1. The van der Waals surface area contributed by atoms with Crippen molar-refractivity contribution < 1.29 is 14.3 Å². The lowest BCUT2D eigenvalue weighted by Crippen LogP contribution is -2.16. The van der Waals surface area contributed by atoms with E-state index >= 15 is 0 Å². The van der Waals surface area contributed by atoms with Crippen LogP contribution in [0.1, 0.15) is 31.8 Å². The first-order valence-electron chi connectivity index (χ1n) is 6.61. The molecule has 0 aliphatic carbocycles. The van der Waals surface area contributed by atoms with Crippen LogP contribution in [0.5, 0.6) is 5.75 Å². The third-order valence-corrected chi connectivity index (χ3v) is 3.34. The zero-order valence-corrected chi connectivity index (χ0v) is 12.1. The lowest BCUT2D eigenvalue weighted by molar-refractivity contribution is 0.0912. The summed E-state index contributed by atoms with van der Waals surface area (Å²) in [6, 6.07) is 12.1. The molecule has 108 valence electrons. The molecule has 2 aromatic carbocycles. The van der Waals surface area contributed by atoms with Crippen LogP contribution in [0.25, 0.3) is 0 Å². The largest absolute Gasteiger partial charge is 0.485 e. The highest BCUT2D eigenvalue weighted by molar-refractivity contribution is 5.98. The quantitative estimate of drug-likeness (QED) is 0.858. The molecule has 0 aliphatic rings. The van der Waals surface area contributed by atoms with Gasteiger partial charge in [0.15, 0.2) is 12.4 Å². The van der Waals surface area contributed by atoms with E-state index < -0.39 is 5.91 Å². The Bertz CT molecular complexity index is 692. The fraction of sp³-hybridized carbons (Fsp3) is 0.176. The maximum atomic E-state index is 12.1. The molecule has 0 saturated heterocycles. The number of amides is 1. The molecule has 21 heavy (non-hydrogen) atoms. The Morgan fingerprint density at radius 2 is 1.76 bits per heavy atom. The van der Waals surface area contributed by atoms with E-state index in [1.54, 1.807) is 30.3 Å². The first kappa shape index (κ1) is 14.8. The summed E-state index contributed by atoms with van der Waals surface area (Å²) in [5.41, 5.74) is 8.31. The van der Waals surface area contributed by atoms with E-state index in [-0.39, 0.29) is 18.0 Å². The van der Waals surface area contributed by atoms with Crippen LogP contribution in [-0.2, 0) is 0 Å². The maximum Gasteiger partial charge on any atom is 0.252 e. The minimum Gasteiger partial charge on any atom is -0.485 e. The second-order valence-electron chi connectivity index (χ2n) is 4.87. The monoisotopic (exact) mass is 283 g/mol. The molecule has 0 bridgehead atoms. The summed E-state index contributed by atoms with van der Waals surface area (Å²) in [6.45, 7) is 3.81. The van der Waals surface area contributed by atoms with Crippen molar-refractivity contribution in [2.75, 3.05) is 6.61 Å². The number of ether oxygens (including phenoxy) is 1. The van der Waals surface area contributed by atoms with Crippen molar-refractivity contribution in [3.05, 3.63) is 64.7 Å². The standard InChI is InChI=1S/C17H17NO3/c1-11-7-8-13(9-12(11)2)15(19)10-21-16-6-4-3-5-14(16)17(18)20/h3-9H,10H2,1-2H3,(H2,18,20). The fourth-order valence-corrected chi connectivity index (χ4v) is 1.94. The summed E-state index contributed by atoms with van der Waals surface area (Å²) < 4.78 is 5.43. The van der Waals surface area contributed by atoms with Gasteiger partial charge in [-0.1, -0.05) is 24.3 Å². The number of para-hydroxylation sites is 1. The normalized spacial score (nSPS) is 10.2. The highest BCUT2D eigenvalue weighted by Gasteiger charge is 2.12. The average Bonchev–Trinajstić information content (AvgIpc) is 2.47. The van der Waals surface area contributed by atoms with Crippen LogP contribution < -0.4 is 10.5 Å². The van der Waals surface area contributed by atoms with Crippen LogP contribution in [0, 0.1) is 13.8 Å². The van der Waals surface area contributed by atoms with Gasteiger partial charge in [0.1, 0.15) is 5.75 Å². The summed E-state index contributed by atoms with van der Waals surface area (Å²) >= 11 is 0. The van der Waals surface area contributed by atoms with Crippen molar-refractivity contribution >= 4 is 11.7 Å². The highest BCUT2D eigenvalue weighted by atomic mass is 16.5. The van der Waals surface area contributed by atoms with Gasteiger partial charge in [0.05, 0.1) is 5.56 Å². The molecule has 0 fully saturated rings. The van der Waals surface area contributed by atoms with Gasteiger partial charge in [0.2, 0.25) is 0 Å². The third kappa shape index (κ3) is 3.48. The number of rotatable bonds is 5. The van der Waals surface area contributed by atoms with Gasteiger partial charge < -0.3 is 10.5 Å². The minimum atomic E-state index is -0.579. The molecule has 4 nitrogen and oxygen atoms in total. The van der Waals surface area contributed by atoms with Crippen molar-refractivity contribution in [1.82, 2.24) is 0 Å². The molecule has 1 amide bonds. The topological polar surface area (TPSA) is 69.4 Å². The van der Waals surface area contributed by atoms with Crippen molar-refractivity contribution in [3.8, 4) is 5.75 Å². The molecule has 2 N–H and O–H groups in total. The predicted molar refractivity (Wildman–Crippen MR) is 80.7 cm³/mol. The SMILES string of the molecule is Cc1ccc(C(=O)COc2ccccc2C(N)=O)cc1C. The smallest absolute Gasteiger partial charge is 0.252 e. The van der Waals surface area contributed by atoms with E-state index in [0.717, 1.165) is 11.1 Å². The average molecular weight is 283 g/mol. The van der Waals surface area contributed by atoms with Crippen molar-refractivity contribution in [2.45, 2.75) is 13.8 Å². The van der Waals surface area contributed by atoms with Crippen LogP contribution in [0.2, 0.25) is 0 Å². The molecule has 0 atom stereocenters. The zero-order chi connectivity index (χ0) is 15.4. The molecular formula is C17H17NO3. The molecular weight excluding hydrogens is 266 g/mol. The first-order chi connectivity index (χ1) is 9.99. The Hall–Kier alpha value is -2.62. The number of ketones is 1. The van der Waals surface area contributed by atoms with Crippen molar-refractivity contribution in [1.29, 1.82) is 0 Å². The van der Waals surface area contributed by atoms with E-state index in [1.807, 2.05) is 26.0 Å². The molecule has 0 spiro atoms. The second-order valence-corrected chi connectivity index (χ2v) is 4.87. The van der Waals surface area contributed by atoms with Gasteiger partial charge in [-0.25, -0.2) is 0 Å². The van der Waals surface area contributed by atoms with E-state index in [0.29, 0.717) is 11.3 Å². The molecule has 0 radical (unpaired) electrons. The van der Waals surface area contributed by atoms with Gasteiger partial charge in [-0.3, -0.25) is 9.59 Å².